The Kier molecular flexibility index (Phi) is 6.69. The van der Waals surface area contributed by atoms with E-state index in [2.05, 4.69) is 15.3 Å². The standard InChI is InChI=1S/C29H24F4N4O3/c1-15-11-19(18-5-3-4-6-22(18)36-15)26(38)35-13-21(29(31,32)33)23-12-20-25(40-14-28(20,2)27(34)39)24(37-23)16-7-9-17(30)10-8-16/h3-12,21H,13-14H2,1-2H3,(H2,34,39)(H,35,38)/t21?,28-/m0/s1. The summed E-state index contributed by atoms with van der Waals surface area (Å²) < 4.78 is 62.8. The van der Waals surface area contributed by atoms with E-state index in [0.29, 0.717) is 16.6 Å². The van der Waals surface area contributed by atoms with Gasteiger partial charge in [0.2, 0.25) is 5.91 Å². The third kappa shape index (κ3) is 4.83. The number of carbonyl (C=O) groups is 2. The Hall–Kier alpha value is -4.54. The molecular weight excluding hydrogens is 528 g/mol. The summed E-state index contributed by atoms with van der Waals surface area (Å²) in [7, 11) is 0. The maximum Gasteiger partial charge on any atom is 0.398 e. The van der Waals surface area contributed by atoms with Gasteiger partial charge >= 0.3 is 6.18 Å². The molecule has 0 spiro atoms. The molecule has 3 heterocycles. The molecule has 2 atom stereocenters. The van der Waals surface area contributed by atoms with E-state index in [1.807, 2.05) is 0 Å². The molecular formula is C29H24F4N4O3. The normalized spacial score (nSPS) is 17.2. The summed E-state index contributed by atoms with van der Waals surface area (Å²) in [6, 6.07) is 14.5. The van der Waals surface area contributed by atoms with Gasteiger partial charge in [-0.15, -0.1) is 0 Å². The average molecular weight is 553 g/mol. The molecule has 2 aromatic heterocycles. The predicted octanol–water partition coefficient (Wildman–Crippen LogP) is 4.96. The monoisotopic (exact) mass is 552 g/mol. The number of nitrogens with two attached hydrogens (primary N) is 1. The minimum absolute atomic E-state index is 0.00815. The Morgan fingerprint density at radius 2 is 1.80 bits per heavy atom. The lowest BCUT2D eigenvalue weighted by Crippen LogP contribution is -2.40. The molecule has 4 aromatic rings. The van der Waals surface area contributed by atoms with Crippen molar-refractivity contribution in [3.8, 4) is 17.0 Å². The van der Waals surface area contributed by atoms with E-state index in [1.54, 1.807) is 31.2 Å². The molecule has 0 saturated heterocycles. The second kappa shape index (κ2) is 9.89. The molecule has 0 saturated carbocycles. The molecule has 0 radical (unpaired) electrons. The highest BCUT2D eigenvalue weighted by Gasteiger charge is 2.47. The fraction of sp³-hybridized carbons (Fsp3) is 0.241. The summed E-state index contributed by atoms with van der Waals surface area (Å²) in [6.45, 7) is 2.13. The molecule has 0 aliphatic carbocycles. The number of aryl methyl sites for hydroxylation is 1. The highest BCUT2D eigenvalue weighted by atomic mass is 19.4. The molecule has 206 valence electrons. The van der Waals surface area contributed by atoms with Crippen molar-refractivity contribution >= 4 is 22.7 Å². The number of amides is 2. The van der Waals surface area contributed by atoms with Crippen LogP contribution in [-0.4, -0.2) is 41.1 Å². The number of halogens is 4. The molecule has 2 aromatic carbocycles. The number of aromatic nitrogens is 2. The summed E-state index contributed by atoms with van der Waals surface area (Å²) in [5.74, 6) is -4.19. The Morgan fingerprint density at radius 1 is 1.10 bits per heavy atom. The summed E-state index contributed by atoms with van der Waals surface area (Å²) >= 11 is 0. The quantitative estimate of drug-likeness (QED) is 0.329. The molecule has 0 bridgehead atoms. The van der Waals surface area contributed by atoms with Gasteiger partial charge < -0.3 is 15.8 Å². The Morgan fingerprint density at radius 3 is 2.48 bits per heavy atom. The molecule has 1 unspecified atom stereocenters. The second-order valence-electron chi connectivity index (χ2n) is 9.90. The number of hydrogen-bond donors (Lipinski definition) is 2. The number of alkyl halides is 3. The van der Waals surface area contributed by atoms with Crippen molar-refractivity contribution in [1.82, 2.24) is 15.3 Å². The number of ether oxygens (including phenoxy) is 1. The zero-order valence-electron chi connectivity index (χ0n) is 21.5. The van der Waals surface area contributed by atoms with E-state index in [0.717, 1.165) is 18.2 Å². The van der Waals surface area contributed by atoms with Crippen molar-refractivity contribution in [2.45, 2.75) is 31.4 Å². The van der Waals surface area contributed by atoms with Gasteiger partial charge in [0.05, 0.1) is 16.8 Å². The maximum atomic E-state index is 14.5. The Labute approximate surface area is 226 Å². The second-order valence-corrected chi connectivity index (χ2v) is 9.90. The van der Waals surface area contributed by atoms with Crippen LogP contribution in [0.5, 0.6) is 5.75 Å². The number of nitrogens with one attached hydrogen (secondary N) is 1. The van der Waals surface area contributed by atoms with Crippen LogP contribution in [0.1, 0.15) is 40.2 Å². The average Bonchev–Trinajstić information content (AvgIpc) is 3.25. The minimum atomic E-state index is -4.83. The van der Waals surface area contributed by atoms with Gasteiger partial charge in [-0.25, -0.2) is 9.37 Å². The van der Waals surface area contributed by atoms with Crippen LogP contribution in [0.25, 0.3) is 22.2 Å². The highest BCUT2D eigenvalue weighted by molar-refractivity contribution is 6.06. The molecule has 7 nitrogen and oxygen atoms in total. The van der Waals surface area contributed by atoms with Crippen LogP contribution >= 0.6 is 0 Å². The summed E-state index contributed by atoms with van der Waals surface area (Å²) in [5.41, 5.74) is 5.44. The van der Waals surface area contributed by atoms with Gasteiger partial charge in [-0.3, -0.25) is 14.6 Å². The molecule has 11 heteroatoms. The zero-order valence-corrected chi connectivity index (χ0v) is 21.5. The smallest absolute Gasteiger partial charge is 0.398 e. The third-order valence-corrected chi connectivity index (χ3v) is 7.06. The van der Waals surface area contributed by atoms with Gasteiger partial charge in [0.15, 0.2) is 0 Å². The summed E-state index contributed by atoms with van der Waals surface area (Å²) in [4.78, 5) is 34.1. The van der Waals surface area contributed by atoms with Gasteiger partial charge in [0.1, 0.15) is 35.2 Å². The molecule has 40 heavy (non-hydrogen) atoms. The number of nitrogens with zero attached hydrogens (tertiary/aromatic N) is 2. The van der Waals surface area contributed by atoms with Crippen LogP contribution in [0.15, 0.2) is 60.7 Å². The number of rotatable bonds is 6. The van der Waals surface area contributed by atoms with Gasteiger partial charge in [-0.2, -0.15) is 13.2 Å². The number of fused-ring (bicyclic) bond motifs is 2. The number of para-hydroxylation sites is 1. The van der Waals surface area contributed by atoms with Crippen molar-refractivity contribution in [3.05, 3.63) is 89.0 Å². The summed E-state index contributed by atoms with van der Waals surface area (Å²) in [5, 5.41) is 2.90. The van der Waals surface area contributed by atoms with Gasteiger partial charge in [-0.1, -0.05) is 18.2 Å². The number of benzene rings is 2. The van der Waals surface area contributed by atoms with Gasteiger partial charge in [0.25, 0.3) is 5.91 Å². The first-order valence-corrected chi connectivity index (χ1v) is 12.3. The largest absolute Gasteiger partial charge is 0.489 e. The molecule has 2 amide bonds. The lowest BCUT2D eigenvalue weighted by Gasteiger charge is -2.24. The topological polar surface area (TPSA) is 107 Å². The van der Waals surface area contributed by atoms with Crippen molar-refractivity contribution < 1.29 is 31.9 Å². The number of primary amides is 1. The van der Waals surface area contributed by atoms with Gasteiger partial charge in [0, 0.05) is 28.8 Å². The van der Waals surface area contributed by atoms with Crippen LogP contribution in [0, 0.1) is 12.7 Å². The first kappa shape index (κ1) is 27.0. The molecule has 0 fully saturated rings. The number of pyridine rings is 2. The molecule has 1 aliphatic rings. The van der Waals surface area contributed by atoms with E-state index >= 15 is 0 Å². The third-order valence-electron chi connectivity index (χ3n) is 7.06. The number of hydrogen-bond acceptors (Lipinski definition) is 5. The van der Waals surface area contributed by atoms with E-state index in [9.17, 15) is 27.2 Å². The zero-order chi connectivity index (χ0) is 28.8. The lowest BCUT2D eigenvalue weighted by molar-refractivity contribution is -0.149. The van der Waals surface area contributed by atoms with E-state index in [1.165, 1.54) is 25.1 Å². The first-order valence-electron chi connectivity index (χ1n) is 12.3. The van der Waals surface area contributed by atoms with Crippen LogP contribution in [0.2, 0.25) is 0 Å². The predicted molar refractivity (Wildman–Crippen MR) is 139 cm³/mol. The number of carbonyl (C=O) groups excluding carboxylic acids is 2. The lowest BCUT2D eigenvalue weighted by atomic mass is 9.82. The Balaban J connectivity index is 1.57. The fourth-order valence-corrected chi connectivity index (χ4v) is 4.76. The van der Waals surface area contributed by atoms with E-state index in [4.69, 9.17) is 10.5 Å². The fourth-order valence-electron chi connectivity index (χ4n) is 4.76. The minimum Gasteiger partial charge on any atom is -0.489 e. The van der Waals surface area contributed by atoms with Crippen molar-refractivity contribution in [2.24, 2.45) is 5.73 Å². The molecule has 1 aliphatic heterocycles. The Bertz CT molecular complexity index is 1640. The SMILES string of the molecule is Cc1cc(C(=O)NCC(c2cc3c(c(-c4ccc(F)cc4)n2)OC[C@]3(C)C(N)=O)C(F)(F)F)c2ccccc2n1. The van der Waals surface area contributed by atoms with Crippen molar-refractivity contribution in [3.63, 3.8) is 0 Å². The van der Waals surface area contributed by atoms with Crippen molar-refractivity contribution in [2.75, 3.05) is 13.2 Å². The van der Waals surface area contributed by atoms with E-state index < -0.39 is 47.4 Å². The molecule has 5 rings (SSSR count). The van der Waals surface area contributed by atoms with Gasteiger partial charge in [-0.05, 0) is 56.3 Å². The van der Waals surface area contributed by atoms with Crippen molar-refractivity contribution in [1.29, 1.82) is 0 Å². The summed E-state index contributed by atoms with van der Waals surface area (Å²) in [6.07, 6.45) is -4.83. The van der Waals surface area contributed by atoms with Crippen LogP contribution in [0.4, 0.5) is 17.6 Å². The maximum absolute atomic E-state index is 14.5. The van der Waals surface area contributed by atoms with E-state index in [-0.39, 0.29) is 34.7 Å². The van der Waals surface area contributed by atoms with Crippen LogP contribution < -0.4 is 15.8 Å². The highest BCUT2D eigenvalue weighted by Crippen LogP contribution is 2.46. The van der Waals surface area contributed by atoms with Crippen LogP contribution in [0.3, 0.4) is 0 Å². The molecule has 3 N–H and O–H groups in total. The van der Waals surface area contributed by atoms with Crippen LogP contribution in [-0.2, 0) is 10.2 Å². The first-order chi connectivity index (χ1) is 18.9.